The van der Waals surface area contributed by atoms with Crippen molar-refractivity contribution in [2.24, 2.45) is 5.92 Å². The molecule has 0 aliphatic heterocycles. The van der Waals surface area contributed by atoms with Crippen molar-refractivity contribution in [1.82, 2.24) is 10.6 Å². The Morgan fingerprint density at radius 1 is 1.08 bits per heavy atom. The molecule has 0 heterocycles. The van der Waals surface area contributed by atoms with E-state index in [1.165, 1.54) is 31.0 Å². The molecule has 2 amide bonds. The Morgan fingerprint density at radius 2 is 1.76 bits per heavy atom. The highest BCUT2D eigenvalue weighted by molar-refractivity contribution is 7.99. The number of amides is 2. The van der Waals surface area contributed by atoms with Crippen molar-refractivity contribution < 1.29 is 33.9 Å². The molecule has 0 bridgehead atoms. The molecule has 0 aliphatic rings. The summed E-state index contributed by atoms with van der Waals surface area (Å²) in [4.78, 5) is 60.4. The van der Waals surface area contributed by atoms with Crippen molar-refractivity contribution in [2.75, 3.05) is 12.9 Å². The van der Waals surface area contributed by atoms with Crippen LogP contribution in [0.4, 0.5) is 5.69 Å². The van der Waals surface area contributed by atoms with E-state index in [0.29, 0.717) is 5.75 Å². The smallest absolute Gasteiger partial charge is 0.310 e. The van der Waals surface area contributed by atoms with Crippen molar-refractivity contribution in [1.29, 1.82) is 0 Å². The zero-order valence-electron chi connectivity index (χ0n) is 20.6. The van der Waals surface area contributed by atoms with Gasteiger partial charge in [-0.1, -0.05) is 44.2 Å². The van der Waals surface area contributed by atoms with E-state index in [-0.39, 0.29) is 22.8 Å². The highest BCUT2D eigenvalue weighted by Gasteiger charge is 2.30. The van der Waals surface area contributed by atoms with Gasteiger partial charge < -0.3 is 20.5 Å². The number of carbonyl (C=O) groups is 4. The molecule has 11 nitrogen and oxygen atoms in total. The summed E-state index contributed by atoms with van der Waals surface area (Å²) in [5.74, 6) is -3.12. The summed E-state index contributed by atoms with van der Waals surface area (Å²) in [6.07, 6.45) is -0.602. The molecule has 2 aromatic carbocycles. The van der Waals surface area contributed by atoms with E-state index in [9.17, 15) is 34.4 Å². The number of carbonyl (C=O) groups excluding carboxylic acids is 3. The number of Topliss-reactive ketones (excluding diaryl/α,β-unsaturated/α-hetero) is 1. The highest BCUT2D eigenvalue weighted by Crippen LogP contribution is 2.27. The Kier molecular flexibility index (Phi) is 11.1. The maximum atomic E-state index is 13.0. The molecular formula is C25H29N3O8S. The van der Waals surface area contributed by atoms with Gasteiger partial charge in [0.25, 0.3) is 5.91 Å². The topological polar surface area (TPSA) is 165 Å². The maximum Gasteiger partial charge on any atom is 0.310 e. The van der Waals surface area contributed by atoms with E-state index in [4.69, 9.17) is 4.74 Å². The summed E-state index contributed by atoms with van der Waals surface area (Å²) in [5.41, 5.74) is 0.707. The average Bonchev–Trinajstić information content (AvgIpc) is 2.86. The van der Waals surface area contributed by atoms with Crippen LogP contribution in [0.1, 0.15) is 36.2 Å². The Labute approximate surface area is 218 Å². The van der Waals surface area contributed by atoms with Crippen LogP contribution in [0, 0.1) is 16.0 Å². The molecule has 0 fully saturated rings. The quantitative estimate of drug-likeness (QED) is 0.245. The van der Waals surface area contributed by atoms with Gasteiger partial charge in [-0.15, -0.1) is 11.8 Å². The van der Waals surface area contributed by atoms with Gasteiger partial charge in [0, 0.05) is 23.4 Å². The lowest BCUT2D eigenvalue weighted by Gasteiger charge is -2.24. The number of thioether (sulfide) groups is 1. The van der Waals surface area contributed by atoms with E-state index in [1.54, 1.807) is 13.8 Å². The van der Waals surface area contributed by atoms with Crippen LogP contribution in [-0.4, -0.2) is 58.5 Å². The van der Waals surface area contributed by atoms with Gasteiger partial charge in [-0.25, -0.2) is 0 Å². The van der Waals surface area contributed by atoms with Gasteiger partial charge in [0.15, 0.2) is 11.5 Å². The summed E-state index contributed by atoms with van der Waals surface area (Å²) in [7, 11) is 1.23. The molecule has 0 spiro atoms. The summed E-state index contributed by atoms with van der Waals surface area (Å²) in [5, 5.41) is 25.4. The van der Waals surface area contributed by atoms with Crippen molar-refractivity contribution in [3.63, 3.8) is 0 Å². The average molecular weight is 532 g/mol. The number of benzene rings is 2. The number of nitrogens with one attached hydrogen (secondary N) is 2. The molecule has 2 aromatic rings. The molecule has 3 N–H and O–H groups in total. The van der Waals surface area contributed by atoms with E-state index in [1.807, 2.05) is 30.3 Å². The fourth-order valence-corrected chi connectivity index (χ4v) is 4.29. The third kappa shape index (κ3) is 8.90. The predicted octanol–water partition coefficient (Wildman–Crippen LogP) is 2.82. The highest BCUT2D eigenvalue weighted by atomic mass is 32.2. The lowest BCUT2D eigenvalue weighted by molar-refractivity contribution is -0.385. The first-order chi connectivity index (χ1) is 17.5. The number of nitro groups is 1. The normalized spacial score (nSPS) is 12.3. The Hall–Kier alpha value is -3.93. The number of nitrogens with zero attached hydrogens (tertiary/aromatic N) is 1. The Bertz CT molecular complexity index is 1140. The molecule has 198 valence electrons. The number of nitro benzene ring substituents is 1. The number of ketones is 1. The largest absolute Gasteiger partial charge is 0.490 e. The van der Waals surface area contributed by atoms with Gasteiger partial charge in [-0.2, -0.15) is 0 Å². The minimum atomic E-state index is -1.27. The fourth-order valence-electron chi connectivity index (χ4n) is 3.36. The molecule has 2 atom stereocenters. The molecular weight excluding hydrogens is 502 g/mol. The molecule has 0 aliphatic carbocycles. The van der Waals surface area contributed by atoms with E-state index in [2.05, 4.69) is 10.6 Å². The van der Waals surface area contributed by atoms with E-state index >= 15 is 0 Å². The second-order valence-electron chi connectivity index (χ2n) is 8.44. The number of methoxy groups -OCH3 is 1. The number of rotatable bonds is 14. The van der Waals surface area contributed by atoms with Crippen molar-refractivity contribution >= 4 is 41.0 Å². The fraction of sp³-hybridized carbons (Fsp3) is 0.360. The van der Waals surface area contributed by atoms with Crippen LogP contribution in [0.3, 0.4) is 0 Å². The van der Waals surface area contributed by atoms with Crippen LogP contribution in [0.2, 0.25) is 0 Å². The summed E-state index contributed by atoms with van der Waals surface area (Å²) >= 11 is 1.30. The Morgan fingerprint density at radius 3 is 2.32 bits per heavy atom. The molecule has 0 saturated carbocycles. The molecule has 0 saturated heterocycles. The van der Waals surface area contributed by atoms with Crippen LogP contribution in [0.25, 0.3) is 0 Å². The van der Waals surface area contributed by atoms with Gasteiger partial charge in [0.2, 0.25) is 5.91 Å². The second-order valence-corrected chi connectivity index (χ2v) is 9.43. The SMILES string of the molecule is COc1cc(C(=O)NC(C(=O)NC(CC(=O)O)C(=O)CSCc2ccccc2)C(C)C)ccc1[N+](=O)[O-]. The maximum absolute atomic E-state index is 13.0. The Balaban J connectivity index is 2.09. The van der Waals surface area contributed by atoms with E-state index in [0.717, 1.165) is 11.6 Å². The minimum Gasteiger partial charge on any atom is -0.490 e. The van der Waals surface area contributed by atoms with E-state index < -0.39 is 52.9 Å². The molecule has 2 unspecified atom stereocenters. The molecule has 2 rings (SSSR count). The third-order valence-corrected chi connectivity index (χ3v) is 6.34. The predicted molar refractivity (Wildman–Crippen MR) is 138 cm³/mol. The summed E-state index contributed by atoms with van der Waals surface area (Å²) < 4.78 is 4.98. The number of carboxylic acids is 1. The zero-order valence-corrected chi connectivity index (χ0v) is 21.4. The zero-order chi connectivity index (χ0) is 27.5. The number of ether oxygens (including phenoxy) is 1. The third-order valence-electron chi connectivity index (χ3n) is 5.31. The van der Waals surface area contributed by atoms with Gasteiger partial charge in [0.1, 0.15) is 6.04 Å². The second kappa shape index (κ2) is 14.0. The van der Waals surface area contributed by atoms with Crippen molar-refractivity contribution in [3.05, 3.63) is 69.8 Å². The van der Waals surface area contributed by atoms with Gasteiger partial charge in [0.05, 0.1) is 30.2 Å². The summed E-state index contributed by atoms with van der Waals surface area (Å²) in [6.45, 7) is 3.34. The standard InChI is InChI=1S/C25H29N3O8S/c1-15(2)23(27-24(32)17-9-10-19(28(34)35)21(11-17)36-3)25(33)26-18(12-22(30)31)20(29)14-37-13-16-7-5-4-6-8-16/h4-11,15,18,23H,12-14H2,1-3H3,(H,26,33)(H,27,32)(H,30,31). The molecule has 0 radical (unpaired) electrons. The number of hydrogen-bond donors (Lipinski definition) is 3. The monoisotopic (exact) mass is 531 g/mol. The minimum absolute atomic E-state index is 0.00554. The van der Waals surface area contributed by atoms with Crippen LogP contribution in [0.15, 0.2) is 48.5 Å². The first-order valence-corrected chi connectivity index (χ1v) is 12.5. The lowest BCUT2D eigenvalue weighted by Crippen LogP contribution is -2.54. The lowest BCUT2D eigenvalue weighted by atomic mass is 10.0. The molecule has 12 heteroatoms. The van der Waals surface area contributed by atoms with Crippen LogP contribution in [-0.2, 0) is 20.1 Å². The van der Waals surface area contributed by atoms with Gasteiger partial charge in [-0.3, -0.25) is 29.3 Å². The van der Waals surface area contributed by atoms with Crippen LogP contribution >= 0.6 is 11.8 Å². The first kappa shape index (κ1) is 29.3. The van der Waals surface area contributed by atoms with Gasteiger partial charge >= 0.3 is 11.7 Å². The molecule has 37 heavy (non-hydrogen) atoms. The molecule has 0 aromatic heterocycles. The van der Waals surface area contributed by atoms with Gasteiger partial charge in [-0.05, 0) is 17.5 Å². The van der Waals surface area contributed by atoms with Crippen molar-refractivity contribution in [2.45, 2.75) is 38.1 Å². The van der Waals surface area contributed by atoms with Crippen LogP contribution in [0.5, 0.6) is 5.75 Å². The number of hydrogen-bond acceptors (Lipinski definition) is 8. The number of carboxylic acid groups (broad SMARTS) is 1. The first-order valence-electron chi connectivity index (χ1n) is 11.3. The van der Waals surface area contributed by atoms with Crippen molar-refractivity contribution in [3.8, 4) is 5.75 Å². The number of aliphatic carboxylic acids is 1. The van der Waals surface area contributed by atoms with Crippen LogP contribution < -0.4 is 15.4 Å². The summed E-state index contributed by atoms with van der Waals surface area (Å²) in [6, 6.07) is 10.6.